The van der Waals surface area contributed by atoms with Crippen molar-refractivity contribution in [2.75, 3.05) is 25.5 Å². The molecule has 9 heteroatoms. The van der Waals surface area contributed by atoms with Crippen LogP contribution < -0.4 is 10.1 Å². The minimum Gasteiger partial charge on any atom is -0.490 e. The molecule has 0 spiro atoms. The smallest absolute Gasteiger partial charge is 0.339 e. The maximum atomic E-state index is 13.2. The molecule has 1 heterocycles. The van der Waals surface area contributed by atoms with Gasteiger partial charge in [-0.2, -0.15) is 4.31 Å². The van der Waals surface area contributed by atoms with E-state index in [9.17, 15) is 18.0 Å². The number of ether oxygens (including phenoxy) is 2. The third-order valence-corrected chi connectivity index (χ3v) is 8.40. The Balaban J connectivity index is 1.37. The lowest BCUT2D eigenvalue weighted by Crippen LogP contribution is -2.41. The normalized spacial score (nSPS) is 17.9. The van der Waals surface area contributed by atoms with Crippen molar-refractivity contribution >= 4 is 27.6 Å². The van der Waals surface area contributed by atoms with Crippen LogP contribution in [0.2, 0.25) is 0 Å². The van der Waals surface area contributed by atoms with Gasteiger partial charge in [-0.05, 0) is 62.8 Å². The lowest BCUT2D eigenvalue weighted by atomic mass is 9.97. The molecule has 1 saturated carbocycles. The fourth-order valence-electron chi connectivity index (χ4n) is 4.56. The van der Waals surface area contributed by atoms with Gasteiger partial charge in [0.2, 0.25) is 15.9 Å². The summed E-state index contributed by atoms with van der Waals surface area (Å²) < 4.78 is 38.4. The third kappa shape index (κ3) is 5.42. The molecule has 1 N–H and O–H groups in total. The number of carbonyl (C=O) groups excluding carboxylic acids is 2. The van der Waals surface area contributed by atoms with E-state index in [0.717, 1.165) is 18.6 Å². The second-order valence-corrected chi connectivity index (χ2v) is 10.6. The van der Waals surface area contributed by atoms with Gasteiger partial charge in [0.15, 0.2) is 0 Å². The van der Waals surface area contributed by atoms with E-state index in [1.807, 2.05) is 24.3 Å². The average Bonchev–Trinajstić information content (AvgIpc) is 3.37. The quantitative estimate of drug-likeness (QED) is 0.597. The summed E-state index contributed by atoms with van der Waals surface area (Å²) in [6.45, 7) is 0.390. The molecule has 0 atom stereocenters. The monoisotopic (exact) mass is 486 g/mol. The van der Waals surface area contributed by atoms with Gasteiger partial charge in [0.1, 0.15) is 5.75 Å². The molecule has 0 bridgehead atoms. The van der Waals surface area contributed by atoms with Crippen LogP contribution in [0.15, 0.2) is 53.4 Å². The summed E-state index contributed by atoms with van der Waals surface area (Å²) in [6.07, 6.45) is 5.51. The summed E-state index contributed by atoms with van der Waals surface area (Å²) in [7, 11) is -2.67. The van der Waals surface area contributed by atoms with Crippen LogP contribution in [-0.4, -0.2) is 50.9 Å². The maximum absolute atomic E-state index is 13.2. The number of benzene rings is 2. The van der Waals surface area contributed by atoms with Gasteiger partial charge < -0.3 is 14.8 Å². The van der Waals surface area contributed by atoms with Crippen LogP contribution in [0.4, 0.5) is 5.69 Å². The van der Waals surface area contributed by atoms with Gasteiger partial charge in [0.05, 0.1) is 23.7 Å². The van der Waals surface area contributed by atoms with Gasteiger partial charge >= 0.3 is 5.97 Å². The lowest BCUT2D eigenvalue weighted by Gasteiger charge is -2.31. The van der Waals surface area contributed by atoms with E-state index in [-0.39, 0.29) is 41.5 Å². The van der Waals surface area contributed by atoms with E-state index < -0.39 is 16.0 Å². The van der Waals surface area contributed by atoms with Gasteiger partial charge in [0.25, 0.3) is 0 Å². The van der Waals surface area contributed by atoms with Gasteiger partial charge in [-0.25, -0.2) is 13.2 Å². The van der Waals surface area contributed by atoms with Crippen molar-refractivity contribution in [1.82, 2.24) is 4.31 Å². The summed E-state index contributed by atoms with van der Waals surface area (Å²) in [6, 6.07) is 13.4. The topological polar surface area (TPSA) is 102 Å². The molecule has 1 aliphatic carbocycles. The fraction of sp³-hybridized carbons (Fsp3) is 0.440. The Morgan fingerprint density at radius 3 is 2.38 bits per heavy atom. The Hall–Kier alpha value is -2.91. The second-order valence-electron chi connectivity index (χ2n) is 8.71. The van der Waals surface area contributed by atoms with Gasteiger partial charge in [-0.1, -0.05) is 18.2 Å². The predicted octanol–water partition coefficient (Wildman–Crippen LogP) is 3.83. The minimum atomic E-state index is -3.89. The molecule has 8 nitrogen and oxygen atoms in total. The fourth-order valence-corrected chi connectivity index (χ4v) is 6.21. The summed E-state index contributed by atoms with van der Waals surface area (Å²) in [5.74, 6) is -0.394. The van der Waals surface area contributed by atoms with Crippen molar-refractivity contribution in [3.8, 4) is 5.75 Å². The van der Waals surface area contributed by atoms with E-state index in [1.165, 1.54) is 36.4 Å². The number of carbonyl (C=O) groups is 2. The van der Waals surface area contributed by atoms with Crippen LogP contribution in [0, 0.1) is 5.92 Å². The molecule has 182 valence electrons. The molecule has 0 radical (unpaired) electrons. The highest BCUT2D eigenvalue weighted by Crippen LogP contribution is 2.29. The van der Waals surface area contributed by atoms with Crippen LogP contribution in [-0.2, 0) is 19.6 Å². The van der Waals surface area contributed by atoms with Crippen LogP contribution in [0.25, 0.3) is 0 Å². The molecular formula is C25H30N2O6S. The maximum Gasteiger partial charge on any atom is 0.339 e. The number of rotatable bonds is 7. The third-order valence-electron chi connectivity index (χ3n) is 6.44. The van der Waals surface area contributed by atoms with Crippen molar-refractivity contribution in [1.29, 1.82) is 0 Å². The molecular weight excluding hydrogens is 456 g/mol. The van der Waals surface area contributed by atoms with Gasteiger partial charge in [0, 0.05) is 30.8 Å². The van der Waals surface area contributed by atoms with Crippen molar-refractivity contribution in [2.45, 2.75) is 49.5 Å². The van der Waals surface area contributed by atoms with Gasteiger partial charge in [-0.3, -0.25) is 4.79 Å². The Kier molecular flexibility index (Phi) is 7.53. The van der Waals surface area contributed by atoms with E-state index in [4.69, 9.17) is 9.47 Å². The number of amides is 1. The van der Waals surface area contributed by atoms with Crippen molar-refractivity contribution in [3.63, 3.8) is 0 Å². The van der Waals surface area contributed by atoms with Crippen LogP contribution in [0.5, 0.6) is 5.75 Å². The van der Waals surface area contributed by atoms with Crippen molar-refractivity contribution in [2.24, 2.45) is 5.92 Å². The summed E-state index contributed by atoms with van der Waals surface area (Å²) >= 11 is 0. The van der Waals surface area contributed by atoms with Gasteiger partial charge in [-0.15, -0.1) is 0 Å². The number of nitrogens with zero attached hydrogens (tertiary/aromatic N) is 1. The molecule has 2 fully saturated rings. The zero-order chi connectivity index (χ0) is 24.1. The average molecular weight is 487 g/mol. The zero-order valence-electron chi connectivity index (χ0n) is 19.2. The van der Waals surface area contributed by atoms with E-state index in [0.29, 0.717) is 18.5 Å². The highest BCUT2D eigenvalue weighted by Gasteiger charge is 2.34. The number of hydrogen-bond donors (Lipinski definition) is 1. The first-order valence-electron chi connectivity index (χ1n) is 11.6. The number of esters is 1. The molecule has 34 heavy (non-hydrogen) atoms. The summed E-state index contributed by atoms with van der Waals surface area (Å²) in [5.41, 5.74) is 0.673. The molecule has 2 aromatic rings. The van der Waals surface area contributed by atoms with Crippen molar-refractivity contribution < 1.29 is 27.5 Å². The molecule has 2 aliphatic rings. The van der Waals surface area contributed by atoms with Crippen LogP contribution in [0.3, 0.4) is 0 Å². The number of anilines is 1. The molecule has 4 rings (SSSR count). The number of piperidine rings is 1. The number of sulfonamides is 1. The number of hydrogen-bond acceptors (Lipinski definition) is 6. The van der Waals surface area contributed by atoms with Crippen molar-refractivity contribution in [3.05, 3.63) is 54.1 Å². The molecule has 0 aromatic heterocycles. The van der Waals surface area contributed by atoms with E-state index >= 15 is 0 Å². The second kappa shape index (κ2) is 10.6. The molecule has 1 aliphatic heterocycles. The summed E-state index contributed by atoms with van der Waals surface area (Å²) in [4.78, 5) is 24.8. The number of methoxy groups -OCH3 is 1. The first-order chi connectivity index (χ1) is 16.4. The largest absolute Gasteiger partial charge is 0.490 e. The predicted molar refractivity (Wildman–Crippen MR) is 127 cm³/mol. The van der Waals surface area contributed by atoms with Crippen LogP contribution in [0.1, 0.15) is 48.9 Å². The number of nitrogens with one attached hydrogen (secondary N) is 1. The van der Waals surface area contributed by atoms with E-state index in [1.54, 1.807) is 12.1 Å². The zero-order valence-corrected chi connectivity index (χ0v) is 20.1. The summed E-state index contributed by atoms with van der Waals surface area (Å²) in [5, 5.41) is 2.95. The highest BCUT2D eigenvalue weighted by molar-refractivity contribution is 7.89. The SMILES string of the molecule is COC(=O)c1ccccc1S(=O)(=O)N1CCC(C(=O)Nc2cccc(OC3CCCC3)c2)CC1. The molecule has 2 aromatic carbocycles. The molecule has 1 saturated heterocycles. The Labute approximate surface area is 200 Å². The van der Waals surface area contributed by atoms with Crippen LogP contribution >= 0.6 is 0 Å². The Morgan fingerprint density at radius 2 is 1.68 bits per heavy atom. The Morgan fingerprint density at radius 1 is 0.971 bits per heavy atom. The minimum absolute atomic E-state index is 0.00423. The first-order valence-corrected chi connectivity index (χ1v) is 13.1. The standard InChI is InChI=1S/C25H30N2O6S/c1-32-25(29)22-11-4-5-12-23(22)34(30,31)27-15-13-18(14-16-27)24(28)26-19-7-6-10-21(17-19)33-20-8-2-3-9-20/h4-7,10-12,17-18,20H,2-3,8-9,13-16H2,1H3,(H,26,28). The molecule has 1 amide bonds. The Bertz CT molecular complexity index is 1140. The highest BCUT2D eigenvalue weighted by atomic mass is 32.2. The molecule has 0 unspecified atom stereocenters. The lowest BCUT2D eigenvalue weighted by molar-refractivity contribution is -0.120. The first kappa shape index (κ1) is 24.2. The van der Waals surface area contributed by atoms with E-state index in [2.05, 4.69) is 5.32 Å².